The number of rotatable bonds is 5. The first-order chi connectivity index (χ1) is 9.30. The molecule has 0 N–H and O–H groups in total. The molecule has 0 aliphatic rings. The van der Waals surface area contributed by atoms with E-state index in [1.54, 1.807) is 18.0 Å². The van der Waals surface area contributed by atoms with Crippen LogP contribution in [0.3, 0.4) is 0 Å². The van der Waals surface area contributed by atoms with Crippen LogP contribution in [-0.4, -0.2) is 12.8 Å². The molecule has 19 heavy (non-hydrogen) atoms. The standard InChI is InChI=1S/C15H16N2OS/c1-3-17(11-12-6-5-9-18-12)14-7-4-8-15(19-2)13(14)10-16/h4-9H,3,11H2,1-2H3. The molecule has 1 aromatic heterocycles. The Bertz CT molecular complexity index is 572. The average molecular weight is 272 g/mol. The number of hydrogen-bond donors (Lipinski definition) is 0. The second kappa shape index (κ2) is 6.35. The van der Waals surface area contributed by atoms with E-state index in [4.69, 9.17) is 4.42 Å². The molecule has 4 heteroatoms. The highest BCUT2D eigenvalue weighted by atomic mass is 32.2. The molecule has 0 aliphatic heterocycles. The summed E-state index contributed by atoms with van der Waals surface area (Å²) >= 11 is 1.60. The molecule has 1 aromatic carbocycles. The van der Waals surface area contributed by atoms with E-state index in [0.29, 0.717) is 6.54 Å². The Labute approximate surface area is 117 Å². The third-order valence-electron chi connectivity index (χ3n) is 2.99. The Morgan fingerprint density at radius 3 is 2.74 bits per heavy atom. The van der Waals surface area contributed by atoms with Crippen LogP contribution >= 0.6 is 11.8 Å². The fourth-order valence-corrected chi connectivity index (χ4v) is 2.59. The number of benzene rings is 1. The number of thioether (sulfide) groups is 1. The first-order valence-electron chi connectivity index (χ1n) is 6.14. The van der Waals surface area contributed by atoms with Crippen LogP contribution in [0.2, 0.25) is 0 Å². The first-order valence-corrected chi connectivity index (χ1v) is 7.37. The Kier molecular flexibility index (Phi) is 4.53. The molecule has 2 aromatic rings. The SMILES string of the molecule is CCN(Cc1ccco1)c1cccc(SC)c1C#N. The Balaban J connectivity index is 2.35. The van der Waals surface area contributed by atoms with Crippen LogP contribution in [0.4, 0.5) is 5.69 Å². The van der Waals surface area contributed by atoms with Crippen molar-refractivity contribution in [3.8, 4) is 6.07 Å². The summed E-state index contributed by atoms with van der Waals surface area (Å²) in [6, 6.07) is 12.1. The third kappa shape index (κ3) is 2.94. The lowest BCUT2D eigenvalue weighted by Gasteiger charge is -2.23. The van der Waals surface area contributed by atoms with Crippen LogP contribution in [0.1, 0.15) is 18.2 Å². The van der Waals surface area contributed by atoms with Gasteiger partial charge in [0, 0.05) is 11.4 Å². The number of nitrogens with zero attached hydrogens (tertiary/aromatic N) is 2. The molecule has 3 nitrogen and oxygen atoms in total. The van der Waals surface area contributed by atoms with Crippen LogP contribution in [-0.2, 0) is 6.54 Å². The smallest absolute Gasteiger partial charge is 0.123 e. The van der Waals surface area contributed by atoms with Gasteiger partial charge in [0.1, 0.15) is 11.8 Å². The summed E-state index contributed by atoms with van der Waals surface area (Å²) in [5, 5.41) is 9.39. The van der Waals surface area contributed by atoms with Crippen molar-refractivity contribution in [2.75, 3.05) is 17.7 Å². The predicted molar refractivity (Wildman–Crippen MR) is 78.4 cm³/mol. The van der Waals surface area contributed by atoms with E-state index in [9.17, 15) is 5.26 Å². The summed E-state index contributed by atoms with van der Waals surface area (Å²) in [6.45, 7) is 3.58. The number of anilines is 1. The summed E-state index contributed by atoms with van der Waals surface area (Å²) in [7, 11) is 0. The predicted octanol–water partition coefficient (Wildman–Crippen LogP) is 3.90. The second-order valence-electron chi connectivity index (χ2n) is 4.06. The Hall–Kier alpha value is -1.86. The summed E-state index contributed by atoms with van der Waals surface area (Å²) in [5.74, 6) is 0.903. The van der Waals surface area contributed by atoms with Crippen molar-refractivity contribution in [2.45, 2.75) is 18.4 Å². The lowest BCUT2D eigenvalue weighted by molar-refractivity contribution is 0.503. The van der Waals surface area contributed by atoms with Crippen LogP contribution in [0.15, 0.2) is 45.9 Å². The minimum Gasteiger partial charge on any atom is -0.467 e. The molecule has 0 saturated heterocycles. The van der Waals surface area contributed by atoms with Gasteiger partial charge in [0.25, 0.3) is 0 Å². The average Bonchev–Trinajstić information content (AvgIpc) is 2.96. The van der Waals surface area contributed by atoms with Gasteiger partial charge in [0.15, 0.2) is 0 Å². The van der Waals surface area contributed by atoms with Gasteiger partial charge in [-0.1, -0.05) is 6.07 Å². The lowest BCUT2D eigenvalue weighted by Crippen LogP contribution is -2.22. The number of hydrogen-bond acceptors (Lipinski definition) is 4. The van der Waals surface area contributed by atoms with Crippen molar-refractivity contribution in [2.24, 2.45) is 0 Å². The first kappa shape index (κ1) is 13.6. The maximum Gasteiger partial charge on any atom is 0.123 e. The molecule has 2 rings (SSSR count). The third-order valence-corrected chi connectivity index (χ3v) is 3.77. The zero-order valence-electron chi connectivity index (χ0n) is 11.1. The molecule has 0 fully saturated rings. The quantitative estimate of drug-likeness (QED) is 0.774. The maximum absolute atomic E-state index is 9.39. The van der Waals surface area contributed by atoms with Crippen LogP contribution < -0.4 is 4.90 Å². The zero-order chi connectivity index (χ0) is 13.7. The molecule has 0 aliphatic carbocycles. The molecule has 0 atom stereocenters. The lowest BCUT2D eigenvalue weighted by atomic mass is 10.1. The summed E-state index contributed by atoms with van der Waals surface area (Å²) in [6.07, 6.45) is 3.66. The van der Waals surface area contributed by atoms with Gasteiger partial charge in [-0.2, -0.15) is 5.26 Å². The summed E-state index contributed by atoms with van der Waals surface area (Å²) < 4.78 is 5.39. The molecule has 98 valence electrons. The highest BCUT2D eigenvalue weighted by Gasteiger charge is 2.14. The van der Waals surface area contributed by atoms with Gasteiger partial charge in [-0.15, -0.1) is 11.8 Å². The minimum absolute atomic E-state index is 0.677. The van der Waals surface area contributed by atoms with Crippen molar-refractivity contribution < 1.29 is 4.42 Å². The van der Waals surface area contributed by atoms with Crippen molar-refractivity contribution in [1.82, 2.24) is 0 Å². The normalized spacial score (nSPS) is 10.2. The van der Waals surface area contributed by atoms with Crippen LogP contribution in [0, 0.1) is 11.3 Å². The minimum atomic E-state index is 0.677. The van der Waals surface area contributed by atoms with Crippen LogP contribution in [0.5, 0.6) is 0 Å². The van der Waals surface area contributed by atoms with Gasteiger partial charge >= 0.3 is 0 Å². The van der Waals surface area contributed by atoms with Crippen molar-refractivity contribution in [3.05, 3.63) is 47.9 Å². The Morgan fingerprint density at radius 2 is 2.16 bits per heavy atom. The number of nitriles is 1. The molecule has 0 amide bonds. The fraction of sp³-hybridized carbons (Fsp3) is 0.267. The molecular weight excluding hydrogens is 256 g/mol. The molecule has 0 radical (unpaired) electrons. The summed E-state index contributed by atoms with van der Waals surface area (Å²) in [5.41, 5.74) is 1.71. The fourth-order valence-electron chi connectivity index (χ4n) is 2.02. The van der Waals surface area contributed by atoms with E-state index in [-0.39, 0.29) is 0 Å². The molecule has 0 bridgehead atoms. The van der Waals surface area contributed by atoms with E-state index >= 15 is 0 Å². The highest BCUT2D eigenvalue weighted by molar-refractivity contribution is 7.98. The molecule has 0 spiro atoms. The van der Waals surface area contributed by atoms with E-state index < -0.39 is 0 Å². The largest absolute Gasteiger partial charge is 0.467 e. The van der Waals surface area contributed by atoms with Gasteiger partial charge in [0.05, 0.1) is 24.1 Å². The Morgan fingerprint density at radius 1 is 1.32 bits per heavy atom. The van der Waals surface area contributed by atoms with Gasteiger partial charge < -0.3 is 9.32 Å². The molecule has 0 saturated carbocycles. The van der Waals surface area contributed by atoms with Gasteiger partial charge in [-0.25, -0.2) is 0 Å². The van der Waals surface area contributed by atoms with Crippen molar-refractivity contribution in [1.29, 1.82) is 5.26 Å². The maximum atomic E-state index is 9.39. The second-order valence-corrected chi connectivity index (χ2v) is 4.91. The van der Waals surface area contributed by atoms with Crippen LogP contribution in [0.25, 0.3) is 0 Å². The van der Waals surface area contributed by atoms with Crippen molar-refractivity contribution >= 4 is 17.4 Å². The topological polar surface area (TPSA) is 40.2 Å². The molecular formula is C15H16N2OS. The highest BCUT2D eigenvalue weighted by Crippen LogP contribution is 2.29. The van der Waals surface area contributed by atoms with Gasteiger partial charge in [-0.05, 0) is 37.4 Å². The van der Waals surface area contributed by atoms with E-state index in [1.165, 1.54) is 0 Å². The van der Waals surface area contributed by atoms with Gasteiger partial charge in [0.2, 0.25) is 0 Å². The summed E-state index contributed by atoms with van der Waals surface area (Å²) in [4.78, 5) is 3.16. The van der Waals surface area contributed by atoms with Gasteiger partial charge in [-0.3, -0.25) is 0 Å². The van der Waals surface area contributed by atoms with Crippen molar-refractivity contribution in [3.63, 3.8) is 0 Å². The van der Waals surface area contributed by atoms with E-state index in [1.807, 2.05) is 36.6 Å². The van der Waals surface area contributed by atoms with E-state index in [2.05, 4.69) is 17.9 Å². The zero-order valence-corrected chi connectivity index (χ0v) is 11.9. The molecule has 1 heterocycles. The monoisotopic (exact) mass is 272 g/mol. The number of furan rings is 1. The van der Waals surface area contributed by atoms with E-state index in [0.717, 1.165) is 28.5 Å². The molecule has 0 unspecified atom stereocenters.